The summed E-state index contributed by atoms with van der Waals surface area (Å²) in [6.45, 7) is 2.27. The first kappa shape index (κ1) is 36.4. The minimum absolute atomic E-state index is 0.0738. The van der Waals surface area contributed by atoms with Crippen molar-refractivity contribution in [2.75, 3.05) is 0 Å². The van der Waals surface area contributed by atoms with Gasteiger partial charge in [-0.2, -0.15) is 0 Å². The molecule has 0 radical (unpaired) electrons. The topological polar surface area (TPSA) is 55.9 Å². The summed E-state index contributed by atoms with van der Waals surface area (Å²) in [7, 11) is 0. The van der Waals surface area contributed by atoms with Gasteiger partial charge in [0.1, 0.15) is 16.7 Å². The first-order valence-electron chi connectivity index (χ1n) is 21.9. The van der Waals surface area contributed by atoms with Gasteiger partial charge in [-0.3, -0.25) is 0 Å². The third kappa shape index (κ3) is 5.78. The lowest BCUT2D eigenvalue weighted by Crippen LogP contribution is -2.17. The van der Waals surface area contributed by atoms with Crippen LogP contribution >= 0.6 is 0 Å². The number of benzene rings is 9. The van der Waals surface area contributed by atoms with Crippen molar-refractivity contribution in [3.63, 3.8) is 0 Å². The molecule has 0 spiro atoms. The lowest BCUT2D eigenvalue weighted by atomic mass is 9.91. The molecule has 5 nitrogen and oxygen atoms in total. The van der Waals surface area contributed by atoms with Crippen molar-refractivity contribution in [3.8, 4) is 16.8 Å². The monoisotopic (exact) mass is 821 g/mol. The quantitative estimate of drug-likeness (QED) is 0.174. The second kappa shape index (κ2) is 14.4. The largest absolute Gasteiger partial charge is 0.456 e. The van der Waals surface area contributed by atoms with E-state index < -0.39 is 0 Å². The van der Waals surface area contributed by atoms with Crippen molar-refractivity contribution in [1.29, 1.82) is 0 Å². The lowest BCUT2D eigenvalue weighted by molar-refractivity contribution is 0.666. The smallest absolute Gasteiger partial charge is 0.160 e. The van der Waals surface area contributed by atoms with Crippen LogP contribution < -0.4 is 0 Å². The van der Waals surface area contributed by atoms with Gasteiger partial charge < -0.3 is 13.4 Å². The van der Waals surface area contributed by atoms with Crippen LogP contribution in [-0.2, 0) is 0 Å². The van der Waals surface area contributed by atoms with Crippen LogP contribution in [0.1, 0.15) is 30.0 Å². The molecule has 13 rings (SSSR count). The molecule has 1 aliphatic rings. The highest BCUT2D eigenvalue weighted by molar-refractivity contribution is 6.24. The van der Waals surface area contributed by atoms with E-state index >= 15 is 0 Å². The highest BCUT2D eigenvalue weighted by Gasteiger charge is 2.25. The predicted molar refractivity (Wildman–Crippen MR) is 266 cm³/mol. The number of aromatic nitrogens is 1. The normalized spacial score (nSPS) is 15.5. The highest BCUT2D eigenvalue weighted by atomic mass is 16.3. The van der Waals surface area contributed by atoms with Crippen LogP contribution in [0.5, 0.6) is 0 Å². The molecule has 9 aromatic carbocycles. The van der Waals surface area contributed by atoms with Crippen LogP contribution in [0.3, 0.4) is 0 Å². The maximum absolute atomic E-state index is 7.01. The number of amidine groups is 1. The van der Waals surface area contributed by atoms with Crippen LogP contribution in [0.15, 0.2) is 219 Å². The molecular weight excluding hydrogens is 783 g/mol. The number of para-hydroxylation sites is 3. The van der Waals surface area contributed by atoms with Crippen molar-refractivity contribution < 1.29 is 8.83 Å². The summed E-state index contributed by atoms with van der Waals surface area (Å²) in [6.07, 6.45) is 3.02. The number of rotatable bonds is 5. The molecular formula is C59H39N3O2. The van der Waals surface area contributed by atoms with Gasteiger partial charge in [-0.15, -0.1) is 0 Å². The molecule has 0 N–H and O–H groups in total. The van der Waals surface area contributed by atoms with Gasteiger partial charge in [0.05, 0.1) is 28.1 Å². The van der Waals surface area contributed by atoms with E-state index in [1.54, 1.807) is 0 Å². The van der Waals surface area contributed by atoms with Crippen molar-refractivity contribution in [3.05, 3.63) is 217 Å². The fourth-order valence-corrected chi connectivity index (χ4v) is 9.93. The van der Waals surface area contributed by atoms with E-state index in [-0.39, 0.29) is 5.92 Å². The average molecular weight is 822 g/mol. The number of hydrogen-bond donors (Lipinski definition) is 0. The zero-order valence-corrected chi connectivity index (χ0v) is 35.0. The third-order valence-electron chi connectivity index (χ3n) is 13.1. The van der Waals surface area contributed by atoms with Crippen LogP contribution in [-0.4, -0.2) is 16.1 Å². The molecule has 0 aliphatic carbocycles. The molecule has 1 aliphatic heterocycles. The summed E-state index contributed by atoms with van der Waals surface area (Å²) in [5, 5.41) is 8.96. The zero-order chi connectivity index (χ0) is 42.3. The van der Waals surface area contributed by atoms with Gasteiger partial charge in [0.15, 0.2) is 11.4 Å². The van der Waals surface area contributed by atoms with E-state index in [1.807, 2.05) is 18.2 Å². The van der Waals surface area contributed by atoms with E-state index in [2.05, 4.69) is 193 Å². The number of aliphatic imine (C=N–C) groups is 2. The Labute approximate surface area is 368 Å². The SMILES string of the molecule is CC1C/C=C(\c2ccc3c(c2)oc2ccccc23)N=C(c2ccc(-n3c4ccccc4c4cc5ccccc5cc43)c3oc4ccccc4c23)N=C1c1cccc(-c2ccccc2)c1. The van der Waals surface area contributed by atoms with E-state index in [0.717, 1.165) is 101 Å². The molecule has 0 saturated carbocycles. The van der Waals surface area contributed by atoms with Gasteiger partial charge >= 0.3 is 0 Å². The highest BCUT2D eigenvalue weighted by Crippen LogP contribution is 2.42. The Morgan fingerprint density at radius 3 is 2.02 bits per heavy atom. The van der Waals surface area contributed by atoms with E-state index in [1.165, 1.54) is 27.1 Å². The minimum Gasteiger partial charge on any atom is -0.456 e. The average Bonchev–Trinajstić information content (AvgIpc) is 4.02. The molecule has 64 heavy (non-hydrogen) atoms. The summed E-state index contributed by atoms with van der Waals surface area (Å²) in [5.74, 6) is 0.698. The Morgan fingerprint density at radius 1 is 0.469 bits per heavy atom. The van der Waals surface area contributed by atoms with E-state index in [4.69, 9.17) is 18.8 Å². The van der Waals surface area contributed by atoms with E-state index in [0.29, 0.717) is 5.84 Å². The fourth-order valence-electron chi connectivity index (χ4n) is 9.93. The van der Waals surface area contributed by atoms with Gasteiger partial charge in [0, 0.05) is 49.4 Å². The molecule has 302 valence electrons. The molecule has 1 unspecified atom stereocenters. The van der Waals surface area contributed by atoms with Gasteiger partial charge in [0.2, 0.25) is 0 Å². The van der Waals surface area contributed by atoms with Crippen molar-refractivity contribution in [2.45, 2.75) is 13.3 Å². The number of nitrogens with zero attached hydrogens (tertiary/aromatic N) is 3. The van der Waals surface area contributed by atoms with Gasteiger partial charge in [0.25, 0.3) is 0 Å². The van der Waals surface area contributed by atoms with E-state index in [9.17, 15) is 0 Å². The summed E-state index contributed by atoms with van der Waals surface area (Å²) in [6, 6.07) is 68.6. The second-order valence-electron chi connectivity index (χ2n) is 16.9. The summed E-state index contributed by atoms with van der Waals surface area (Å²) in [4.78, 5) is 11.3. The first-order chi connectivity index (χ1) is 31.6. The Bertz CT molecular complexity index is 3950. The van der Waals surface area contributed by atoms with Crippen LogP contribution in [0.2, 0.25) is 0 Å². The first-order valence-corrected chi connectivity index (χ1v) is 21.9. The second-order valence-corrected chi connectivity index (χ2v) is 16.9. The molecule has 12 aromatic rings. The summed E-state index contributed by atoms with van der Waals surface area (Å²) < 4.78 is 15.8. The molecule has 0 saturated heterocycles. The number of furan rings is 2. The molecule has 0 fully saturated rings. The fraction of sp³-hybridized carbons (Fsp3) is 0.0508. The molecule has 4 heterocycles. The Balaban J connectivity index is 1.07. The maximum atomic E-state index is 7.01. The molecule has 1 atom stereocenters. The van der Waals surface area contributed by atoms with Gasteiger partial charge in [-0.25, -0.2) is 9.98 Å². The van der Waals surface area contributed by atoms with Crippen molar-refractivity contribution in [1.82, 2.24) is 4.57 Å². The number of fused-ring (bicyclic) bond motifs is 10. The van der Waals surface area contributed by atoms with Crippen LogP contribution in [0.4, 0.5) is 0 Å². The summed E-state index contributed by atoms with van der Waals surface area (Å²) >= 11 is 0. The van der Waals surface area contributed by atoms with Crippen molar-refractivity contribution >= 4 is 93.7 Å². The predicted octanol–water partition coefficient (Wildman–Crippen LogP) is 15.7. The molecule has 3 aromatic heterocycles. The number of allylic oxidation sites excluding steroid dienone is 1. The number of hydrogen-bond acceptors (Lipinski definition) is 4. The third-order valence-corrected chi connectivity index (χ3v) is 13.1. The van der Waals surface area contributed by atoms with Crippen molar-refractivity contribution in [2.24, 2.45) is 15.9 Å². The van der Waals surface area contributed by atoms with Gasteiger partial charge in [-0.05, 0) is 94.5 Å². The maximum Gasteiger partial charge on any atom is 0.160 e. The lowest BCUT2D eigenvalue weighted by Gasteiger charge is -2.19. The summed E-state index contributed by atoms with van der Waals surface area (Å²) in [5.41, 5.74) is 13.6. The molecule has 0 bridgehead atoms. The Hall–Kier alpha value is -8.28. The van der Waals surface area contributed by atoms with Crippen LogP contribution in [0.25, 0.3) is 99.0 Å². The standard InChI is InChI=1S/C59H39N3O2/c1-36-26-30-49(41-27-28-45-44-21-8-11-24-53(44)63-55(45)35-41)60-59(61-57(36)42-19-13-18-38(32-42)37-14-3-2-4-15-37)47-29-31-51(58-56(47)46-22-9-12-25-54(46)64-58)62-50-23-10-7-20-43(50)48-33-39-16-5-6-17-40(39)34-52(48)62/h2-25,27-36H,26H2,1H3/b49-30+,60-59?,61-57?. The Kier molecular flexibility index (Phi) is 8.19. The molecule has 0 amide bonds. The van der Waals surface area contributed by atoms with Gasteiger partial charge in [-0.1, -0.05) is 146 Å². The Morgan fingerprint density at radius 2 is 1.16 bits per heavy atom. The van der Waals surface area contributed by atoms with Crippen LogP contribution in [0, 0.1) is 5.92 Å². The molecule has 5 heteroatoms. The minimum atomic E-state index is 0.0738. The zero-order valence-electron chi connectivity index (χ0n) is 35.0.